The first-order valence-electron chi connectivity index (χ1n) is 6.44. The fourth-order valence-corrected chi connectivity index (χ4v) is 3.51. The lowest BCUT2D eigenvalue weighted by molar-refractivity contribution is 0.179. The van der Waals surface area contributed by atoms with Gasteiger partial charge >= 0.3 is 0 Å². The van der Waals surface area contributed by atoms with Crippen LogP contribution in [-0.2, 0) is 0 Å². The van der Waals surface area contributed by atoms with Gasteiger partial charge in [0.15, 0.2) is 0 Å². The largest absolute Gasteiger partial charge is 0.0996 e. The summed E-state index contributed by atoms with van der Waals surface area (Å²) in [4.78, 5) is 0. The monoisotopic (exact) mass is 204 g/mol. The highest BCUT2D eigenvalue weighted by Crippen LogP contribution is 2.47. The quantitative estimate of drug-likeness (QED) is 0.548. The van der Waals surface area contributed by atoms with Crippen LogP contribution < -0.4 is 0 Å². The highest BCUT2D eigenvalue weighted by Gasteiger charge is 2.36. The lowest BCUT2D eigenvalue weighted by Gasteiger charge is -2.43. The molecule has 0 aromatic rings. The van der Waals surface area contributed by atoms with E-state index < -0.39 is 0 Å². The van der Waals surface area contributed by atoms with Crippen molar-refractivity contribution in [1.29, 1.82) is 0 Å². The molecule has 1 saturated carbocycles. The van der Waals surface area contributed by atoms with Crippen molar-refractivity contribution in [2.45, 2.75) is 46.5 Å². The molecule has 84 valence electrons. The predicted octanol–water partition coefficient (Wildman–Crippen LogP) is 4.58. The molecule has 0 saturated heterocycles. The number of hydrogen-bond acceptors (Lipinski definition) is 0. The Hall–Kier alpha value is -0.520. The number of hydrogen-bond donors (Lipinski definition) is 0. The zero-order chi connectivity index (χ0) is 11.0. The van der Waals surface area contributed by atoms with E-state index >= 15 is 0 Å². The molecule has 0 aliphatic heterocycles. The summed E-state index contributed by atoms with van der Waals surface area (Å²) in [6, 6.07) is 0. The first-order chi connectivity index (χ1) is 7.09. The predicted molar refractivity (Wildman–Crippen MR) is 66.7 cm³/mol. The van der Waals surface area contributed by atoms with E-state index in [9.17, 15) is 0 Å². The highest BCUT2D eigenvalue weighted by atomic mass is 14.4. The van der Waals surface area contributed by atoms with Gasteiger partial charge in [0.2, 0.25) is 0 Å². The van der Waals surface area contributed by atoms with Crippen molar-refractivity contribution >= 4 is 0 Å². The van der Waals surface area contributed by atoms with E-state index in [1.165, 1.54) is 31.3 Å². The van der Waals surface area contributed by atoms with E-state index in [1.54, 1.807) is 5.57 Å². The average molecular weight is 204 g/mol. The molecular weight excluding hydrogens is 180 g/mol. The Bertz CT molecular complexity index is 282. The van der Waals surface area contributed by atoms with Gasteiger partial charge in [-0.25, -0.2) is 0 Å². The van der Waals surface area contributed by atoms with E-state index in [-0.39, 0.29) is 0 Å². The minimum absolute atomic E-state index is 0.801. The fraction of sp³-hybridized carbons (Fsp3) is 0.733. The van der Waals surface area contributed by atoms with Gasteiger partial charge in [-0.2, -0.15) is 0 Å². The second-order valence-electron chi connectivity index (χ2n) is 5.84. The molecule has 0 amide bonds. The minimum atomic E-state index is 0.801. The molecule has 15 heavy (non-hydrogen) atoms. The van der Waals surface area contributed by atoms with Gasteiger partial charge in [-0.3, -0.25) is 0 Å². The molecule has 0 nitrogen and oxygen atoms in total. The van der Waals surface area contributed by atoms with E-state index in [4.69, 9.17) is 0 Å². The van der Waals surface area contributed by atoms with Crippen LogP contribution in [0.15, 0.2) is 23.8 Å². The van der Waals surface area contributed by atoms with Gasteiger partial charge in [-0.15, -0.1) is 0 Å². The Labute approximate surface area is 94.5 Å². The van der Waals surface area contributed by atoms with Gasteiger partial charge in [0.25, 0.3) is 0 Å². The summed E-state index contributed by atoms with van der Waals surface area (Å²) in [5.41, 5.74) is 3.14. The van der Waals surface area contributed by atoms with Crippen LogP contribution in [0.2, 0.25) is 0 Å². The Morgan fingerprint density at radius 2 is 2.00 bits per heavy atom. The molecule has 0 spiro atoms. The van der Waals surface area contributed by atoms with Crippen LogP contribution >= 0.6 is 0 Å². The summed E-state index contributed by atoms with van der Waals surface area (Å²) in [6.07, 6.45) is 7.85. The maximum absolute atomic E-state index is 4.29. The SMILES string of the molecule is C=C1CCC(C(C)C)C2C=C(C)CCC12. The van der Waals surface area contributed by atoms with Gasteiger partial charge < -0.3 is 0 Å². The summed E-state index contributed by atoms with van der Waals surface area (Å²) in [7, 11) is 0. The molecule has 0 aromatic heterocycles. The van der Waals surface area contributed by atoms with Crippen LogP contribution in [-0.4, -0.2) is 0 Å². The second kappa shape index (κ2) is 4.15. The Kier molecular flexibility index (Phi) is 3.04. The average Bonchev–Trinajstić information content (AvgIpc) is 2.17. The third-order valence-electron chi connectivity index (χ3n) is 4.47. The van der Waals surface area contributed by atoms with E-state index in [0.29, 0.717) is 0 Å². The molecular formula is C15H24. The third-order valence-corrected chi connectivity index (χ3v) is 4.47. The summed E-state index contributed by atoms with van der Waals surface area (Å²) in [6.45, 7) is 11.3. The van der Waals surface area contributed by atoms with E-state index in [0.717, 1.165) is 23.7 Å². The van der Waals surface area contributed by atoms with Crippen LogP contribution in [0.1, 0.15) is 46.5 Å². The van der Waals surface area contributed by atoms with Crippen molar-refractivity contribution < 1.29 is 0 Å². The van der Waals surface area contributed by atoms with Crippen LogP contribution in [0.5, 0.6) is 0 Å². The molecule has 0 radical (unpaired) electrons. The lowest BCUT2D eigenvalue weighted by atomic mass is 9.62. The Morgan fingerprint density at radius 3 is 2.67 bits per heavy atom. The molecule has 3 unspecified atom stereocenters. The number of rotatable bonds is 1. The first kappa shape index (κ1) is 11.0. The molecule has 1 fully saturated rings. The van der Waals surface area contributed by atoms with Crippen molar-refractivity contribution in [3.8, 4) is 0 Å². The van der Waals surface area contributed by atoms with Gasteiger partial charge in [0.05, 0.1) is 0 Å². The molecule has 0 aromatic carbocycles. The molecule has 0 heteroatoms. The van der Waals surface area contributed by atoms with Crippen molar-refractivity contribution in [1.82, 2.24) is 0 Å². The van der Waals surface area contributed by atoms with Crippen LogP contribution in [0.25, 0.3) is 0 Å². The van der Waals surface area contributed by atoms with Crippen molar-refractivity contribution in [2.75, 3.05) is 0 Å². The molecule has 2 aliphatic carbocycles. The second-order valence-corrected chi connectivity index (χ2v) is 5.84. The van der Waals surface area contributed by atoms with Gasteiger partial charge in [0.1, 0.15) is 0 Å². The summed E-state index contributed by atoms with van der Waals surface area (Å²) in [5.74, 6) is 3.33. The molecule has 0 heterocycles. The summed E-state index contributed by atoms with van der Waals surface area (Å²) in [5, 5.41) is 0. The minimum Gasteiger partial charge on any atom is -0.0996 e. The summed E-state index contributed by atoms with van der Waals surface area (Å²) < 4.78 is 0. The molecule has 3 atom stereocenters. The van der Waals surface area contributed by atoms with Crippen molar-refractivity contribution in [2.24, 2.45) is 23.7 Å². The molecule has 2 aliphatic rings. The van der Waals surface area contributed by atoms with Crippen molar-refractivity contribution in [3.05, 3.63) is 23.8 Å². The number of allylic oxidation sites excluding steroid dienone is 3. The molecule has 2 rings (SSSR count). The number of fused-ring (bicyclic) bond motifs is 1. The third kappa shape index (κ3) is 2.04. The standard InChI is InChI=1S/C15H24/c1-10(2)13-8-6-12(4)14-7-5-11(3)9-15(13)14/h9-10,13-15H,4-8H2,1-3H3. The van der Waals surface area contributed by atoms with E-state index in [1.807, 2.05) is 0 Å². The Morgan fingerprint density at radius 1 is 1.27 bits per heavy atom. The van der Waals surface area contributed by atoms with Crippen molar-refractivity contribution in [3.63, 3.8) is 0 Å². The summed E-state index contributed by atoms with van der Waals surface area (Å²) >= 11 is 0. The topological polar surface area (TPSA) is 0 Å². The van der Waals surface area contributed by atoms with Gasteiger partial charge in [-0.05, 0) is 56.3 Å². The lowest BCUT2D eigenvalue weighted by Crippen LogP contribution is -2.33. The fourth-order valence-electron chi connectivity index (χ4n) is 3.51. The van der Waals surface area contributed by atoms with Crippen LogP contribution in [0, 0.1) is 23.7 Å². The normalized spacial score (nSPS) is 36.4. The van der Waals surface area contributed by atoms with Gasteiger partial charge in [-0.1, -0.05) is 37.6 Å². The maximum atomic E-state index is 4.29. The van der Waals surface area contributed by atoms with Crippen LogP contribution in [0.4, 0.5) is 0 Å². The zero-order valence-corrected chi connectivity index (χ0v) is 10.4. The zero-order valence-electron chi connectivity index (χ0n) is 10.4. The highest BCUT2D eigenvalue weighted by molar-refractivity contribution is 5.19. The maximum Gasteiger partial charge on any atom is -0.0134 e. The molecule has 0 bridgehead atoms. The first-order valence-corrected chi connectivity index (χ1v) is 6.44. The molecule has 0 N–H and O–H groups in total. The van der Waals surface area contributed by atoms with E-state index in [2.05, 4.69) is 33.4 Å². The smallest absolute Gasteiger partial charge is 0.0134 e. The van der Waals surface area contributed by atoms with Gasteiger partial charge in [0, 0.05) is 0 Å². The Balaban J connectivity index is 2.24. The van der Waals surface area contributed by atoms with Crippen LogP contribution in [0.3, 0.4) is 0 Å².